The SMILES string of the molecule is Cc1ccc2c(C)c(C(=O)Oc3ccc4c(c3)OC(N)=C(C#N)C4c3ccc(Cl)c(Cl)c3)oc2c1C. The zero-order valence-electron chi connectivity index (χ0n) is 19.6. The topological polar surface area (TPSA) is 98.5 Å². The highest BCUT2D eigenvalue weighted by Gasteiger charge is 2.32. The number of nitrogens with zero attached hydrogens (tertiary/aromatic N) is 1. The average molecular weight is 519 g/mol. The molecule has 5 rings (SSSR count). The molecular formula is C28H20Cl2N2O4. The lowest BCUT2D eigenvalue weighted by molar-refractivity contribution is 0.0702. The minimum absolute atomic E-state index is 0.0384. The molecule has 0 bridgehead atoms. The van der Waals surface area contributed by atoms with Crippen molar-refractivity contribution in [3.8, 4) is 17.6 Å². The van der Waals surface area contributed by atoms with Crippen LogP contribution in [0.5, 0.6) is 11.5 Å². The van der Waals surface area contributed by atoms with Crippen molar-refractivity contribution in [2.75, 3.05) is 0 Å². The second kappa shape index (κ2) is 8.94. The summed E-state index contributed by atoms with van der Waals surface area (Å²) in [5.74, 6) is -0.449. The van der Waals surface area contributed by atoms with Crippen molar-refractivity contribution in [2.24, 2.45) is 5.73 Å². The summed E-state index contributed by atoms with van der Waals surface area (Å²) in [5.41, 5.74) is 11.1. The summed E-state index contributed by atoms with van der Waals surface area (Å²) in [6.07, 6.45) is 0. The molecule has 1 unspecified atom stereocenters. The largest absolute Gasteiger partial charge is 0.448 e. The smallest absolute Gasteiger partial charge is 0.379 e. The molecule has 0 amide bonds. The Hall–Kier alpha value is -3.92. The molecule has 36 heavy (non-hydrogen) atoms. The molecule has 2 heterocycles. The first-order valence-corrected chi connectivity index (χ1v) is 11.8. The van der Waals surface area contributed by atoms with Crippen LogP contribution >= 0.6 is 23.2 Å². The molecule has 8 heteroatoms. The van der Waals surface area contributed by atoms with Gasteiger partial charge in [-0.05, 0) is 55.7 Å². The molecule has 0 fully saturated rings. The molecule has 0 aliphatic carbocycles. The molecule has 6 nitrogen and oxygen atoms in total. The summed E-state index contributed by atoms with van der Waals surface area (Å²) >= 11 is 12.3. The van der Waals surface area contributed by atoms with Gasteiger partial charge in [-0.15, -0.1) is 0 Å². The third-order valence-electron chi connectivity index (χ3n) is 6.49. The molecule has 1 aliphatic rings. The van der Waals surface area contributed by atoms with E-state index in [4.69, 9.17) is 42.8 Å². The quantitative estimate of drug-likeness (QED) is 0.229. The van der Waals surface area contributed by atoms with Crippen LogP contribution in [0.1, 0.15) is 44.3 Å². The van der Waals surface area contributed by atoms with E-state index < -0.39 is 11.9 Å². The maximum atomic E-state index is 13.0. The number of halogens is 2. The van der Waals surface area contributed by atoms with Crippen molar-refractivity contribution in [1.29, 1.82) is 5.26 Å². The number of hydrogen-bond acceptors (Lipinski definition) is 6. The van der Waals surface area contributed by atoms with E-state index in [1.165, 1.54) is 0 Å². The van der Waals surface area contributed by atoms with Crippen molar-refractivity contribution < 1.29 is 18.7 Å². The summed E-state index contributed by atoms with van der Waals surface area (Å²) in [6, 6.07) is 16.1. The van der Waals surface area contributed by atoms with Gasteiger partial charge in [-0.1, -0.05) is 47.5 Å². The number of hydrogen-bond donors (Lipinski definition) is 1. The third kappa shape index (κ3) is 3.87. The van der Waals surface area contributed by atoms with Gasteiger partial charge in [-0.25, -0.2) is 4.79 Å². The maximum absolute atomic E-state index is 13.0. The number of benzene rings is 3. The van der Waals surface area contributed by atoms with E-state index >= 15 is 0 Å². The van der Waals surface area contributed by atoms with Gasteiger partial charge in [0.05, 0.1) is 16.0 Å². The first-order chi connectivity index (χ1) is 17.2. The summed E-state index contributed by atoms with van der Waals surface area (Å²) in [4.78, 5) is 13.0. The van der Waals surface area contributed by atoms with Gasteiger partial charge in [0.2, 0.25) is 11.6 Å². The van der Waals surface area contributed by atoms with E-state index in [2.05, 4.69) is 6.07 Å². The van der Waals surface area contributed by atoms with Gasteiger partial charge in [0.1, 0.15) is 28.7 Å². The Balaban J connectivity index is 1.51. The summed E-state index contributed by atoms with van der Waals surface area (Å²) in [5, 5.41) is 11.4. The average Bonchev–Trinajstić information content (AvgIpc) is 3.19. The van der Waals surface area contributed by atoms with Gasteiger partial charge < -0.3 is 19.6 Å². The summed E-state index contributed by atoms with van der Waals surface area (Å²) < 4.78 is 17.3. The highest BCUT2D eigenvalue weighted by atomic mass is 35.5. The molecule has 1 aromatic heterocycles. The first kappa shape index (κ1) is 23.8. The molecule has 180 valence electrons. The lowest BCUT2D eigenvalue weighted by atomic mass is 9.83. The highest BCUT2D eigenvalue weighted by Crippen LogP contribution is 2.44. The second-order valence-electron chi connectivity index (χ2n) is 8.63. The molecule has 1 atom stereocenters. The molecule has 1 aliphatic heterocycles. The van der Waals surface area contributed by atoms with Gasteiger partial charge in [0, 0.05) is 22.6 Å². The fraction of sp³-hybridized carbons (Fsp3) is 0.143. The standard InChI is InChI=1S/C28H20Cl2N2O4/c1-13-4-7-18-15(3)26(36-25(18)14(13)2)28(33)34-17-6-8-19-23(11-17)35-27(32)20(12-31)24(19)16-5-9-21(29)22(30)10-16/h4-11,24H,32H2,1-3H3. The number of carbonyl (C=O) groups is 1. The van der Waals surface area contributed by atoms with Crippen molar-refractivity contribution in [1.82, 2.24) is 0 Å². The second-order valence-corrected chi connectivity index (χ2v) is 9.44. The van der Waals surface area contributed by atoms with Crippen molar-refractivity contribution in [3.63, 3.8) is 0 Å². The Kier molecular flexibility index (Phi) is 5.91. The number of fused-ring (bicyclic) bond motifs is 2. The Labute approximate surface area is 217 Å². The normalized spacial score (nSPS) is 14.8. The fourth-order valence-corrected chi connectivity index (χ4v) is 4.71. The van der Waals surface area contributed by atoms with E-state index in [1.54, 1.807) is 36.4 Å². The van der Waals surface area contributed by atoms with Crippen molar-refractivity contribution in [3.05, 3.63) is 104 Å². The Bertz CT molecular complexity index is 1650. The van der Waals surface area contributed by atoms with Crippen molar-refractivity contribution >= 4 is 40.1 Å². The summed E-state index contributed by atoms with van der Waals surface area (Å²) in [7, 11) is 0. The number of rotatable bonds is 3. The number of allylic oxidation sites excluding steroid dienone is 1. The van der Waals surface area contributed by atoms with Crippen LogP contribution in [0.3, 0.4) is 0 Å². The fourth-order valence-electron chi connectivity index (χ4n) is 4.40. The number of nitrogens with two attached hydrogens (primary N) is 1. The first-order valence-electron chi connectivity index (χ1n) is 11.1. The van der Waals surface area contributed by atoms with E-state index in [1.807, 2.05) is 32.9 Å². The zero-order valence-corrected chi connectivity index (χ0v) is 21.1. The third-order valence-corrected chi connectivity index (χ3v) is 7.23. The van der Waals surface area contributed by atoms with E-state index in [-0.39, 0.29) is 23.0 Å². The van der Waals surface area contributed by atoms with Crippen LogP contribution in [0, 0.1) is 32.1 Å². The molecule has 2 N–H and O–H groups in total. The van der Waals surface area contributed by atoms with Gasteiger partial charge in [0.25, 0.3) is 0 Å². The molecule has 0 spiro atoms. The zero-order chi connectivity index (χ0) is 25.7. The van der Waals surface area contributed by atoms with Crippen LogP contribution in [0.2, 0.25) is 10.0 Å². The van der Waals surface area contributed by atoms with Crippen LogP contribution in [-0.4, -0.2) is 5.97 Å². The van der Waals surface area contributed by atoms with E-state index in [0.717, 1.165) is 22.1 Å². The minimum atomic E-state index is -0.626. The van der Waals surface area contributed by atoms with Crippen LogP contribution in [-0.2, 0) is 0 Å². The monoisotopic (exact) mass is 518 g/mol. The predicted molar refractivity (Wildman–Crippen MR) is 138 cm³/mol. The molecule has 0 saturated carbocycles. The molecule has 0 saturated heterocycles. The van der Waals surface area contributed by atoms with Crippen LogP contribution in [0.4, 0.5) is 0 Å². The molecule has 4 aromatic rings. The number of ether oxygens (including phenoxy) is 2. The van der Waals surface area contributed by atoms with Crippen LogP contribution in [0.15, 0.2) is 64.4 Å². The Morgan fingerprint density at radius 2 is 1.81 bits per heavy atom. The van der Waals surface area contributed by atoms with Crippen LogP contribution in [0.25, 0.3) is 11.0 Å². The lowest BCUT2D eigenvalue weighted by Gasteiger charge is -2.27. The van der Waals surface area contributed by atoms with E-state index in [9.17, 15) is 10.1 Å². The van der Waals surface area contributed by atoms with E-state index in [0.29, 0.717) is 32.5 Å². The minimum Gasteiger partial charge on any atom is -0.448 e. The predicted octanol–water partition coefficient (Wildman–Crippen LogP) is 7.10. The molecular weight excluding hydrogens is 499 g/mol. The van der Waals surface area contributed by atoms with Crippen LogP contribution < -0.4 is 15.2 Å². The molecule has 3 aromatic carbocycles. The van der Waals surface area contributed by atoms with Gasteiger partial charge >= 0.3 is 5.97 Å². The number of nitriles is 1. The Morgan fingerprint density at radius 1 is 1.03 bits per heavy atom. The number of furan rings is 1. The highest BCUT2D eigenvalue weighted by molar-refractivity contribution is 6.42. The Morgan fingerprint density at radius 3 is 2.53 bits per heavy atom. The lowest BCUT2D eigenvalue weighted by Crippen LogP contribution is -2.21. The molecule has 0 radical (unpaired) electrons. The maximum Gasteiger partial charge on any atom is 0.379 e. The van der Waals surface area contributed by atoms with Gasteiger partial charge in [0.15, 0.2) is 0 Å². The van der Waals surface area contributed by atoms with Gasteiger partial charge in [-0.3, -0.25) is 0 Å². The van der Waals surface area contributed by atoms with Crippen molar-refractivity contribution in [2.45, 2.75) is 26.7 Å². The number of esters is 1. The number of aryl methyl sites for hydroxylation is 3. The number of carbonyl (C=O) groups excluding carboxylic acids is 1. The summed E-state index contributed by atoms with van der Waals surface area (Å²) in [6.45, 7) is 5.76. The van der Waals surface area contributed by atoms with Gasteiger partial charge in [-0.2, -0.15) is 5.26 Å².